The van der Waals surface area contributed by atoms with E-state index in [1.165, 1.54) is 6.20 Å². The summed E-state index contributed by atoms with van der Waals surface area (Å²) in [5, 5.41) is 2.75. The van der Waals surface area contributed by atoms with Crippen molar-refractivity contribution in [2.45, 2.75) is 6.92 Å². The molecule has 0 unspecified atom stereocenters. The molecule has 0 fully saturated rings. The standard InChI is InChI=1S/C18H15N3O3/c1-2-24-18(23)12-6-3-4-8-14(12)21-17(22)13-7-5-9-15-16(13)20-11-10-19-15/h3-11H,2H2,1H3,(H,21,22). The van der Waals surface area contributed by atoms with Crippen molar-refractivity contribution >= 4 is 28.6 Å². The van der Waals surface area contributed by atoms with Gasteiger partial charge in [-0.25, -0.2) is 4.79 Å². The number of ether oxygens (including phenoxy) is 1. The number of nitrogens with one attached hydrogen (secondary N) is 1. The van der Waals surface area contributed by atoms with Crippen molar-refractivity contribution < 1.29 is 14.3 Å². The molecule has 3 aromatic rings. The van der Waals surface area contributed by atoms with Crippen LogP contribution >= 0.6 is 0 Å². The highest BCUT2D eigenvalue weighted by molar-refractivity contribution is 6.13. The topological polar surface area (TPSA) is 81.2 Å². The largest absolute Gasteiger partial charge is 0.462 e. The van der Waals surface area contributed by atoms with Crippen LogP contribution in [0.15, 0.2) is 54.9 Å². The lowest BCUT2D eigenvalue weighted by molar-refractivity contribution is 0.0527. The highest BCUT2D eigenvalue weighted by Crippen LogP contribution is 2.20. The summed E-state index contributed by atoms with van der Waals surface area (Å²) in [5.74, 6) is -0.844. The lowest BCUT2D eigenvalue weighted by Crippen LogP contribution is -2.16. The number of fused-ring (bicyclic) bond motifs is 1. The highest BCUT2D eigenvalue weighted by Gasteiger charge is 2.16. The van der Waals surface area contributed by atoms with E-state index in [-0.39, 0.29) is 12.5 Å². The van der Waals surface area contributed by atoms with E-state index in [1.807, 2.05) is 0 Å². The zero-order valence-corrected chi connectivity index (χ0v) is 13.0. The molecule has 1 N–H and O–H groups in total. The normalized spacial score (nSPS) is 10.4. The van der Waals surface area contributed by atoms with E-state index in [0.29, 0.717) is 27.8 Å². The number of carbonyl (C=O) groups is 2. The first-order valence-electron chi connectivity index (χ1n) is 7.48. The minimum absolute atomic E-state index is 0.264. The second-order valence-corrected chi connectivity index (χ2v) is 4.95. The minimum atomic E-state index is -0.480. The van der Waals surface area contributed by atoms with E-state index >= 15 is 0 Å². The van der Waals surface area contributed by atoms with Gasteiger partial charge in [0.1, 0.15) is 5.52 Å². The van der Waals surface area contributed by atoms with Crippen LogP contribution in [0.1, 0.15) is 27.6 Å². The molecule has 1 aromatic heterocycles. The second-order valence-electron chi connectivity index (χ2n) is 4.95. The van der Waals surface area contributed by atoms with Crippen molar-refractivity contribution in [3.8, 4) is 0 Å². The molecular weight excluding hydrogens is 306 g/mol. The van der Waals surface area contributed by atoms with E-state index in [1.54, 1.807) is 55.6 Å². The molecule has 120 valence electrons. The lowest BCUT2D eigenvalue weighted by atomic mass is 10.1. The van der Waals surface area contributed by atoms with E-state index in [0.717, 1.165) is 0 Å². The summed E-state index contributed by atoms with van der Waals surface area (Å²) >= 11 is 0. The van der Waals surface area contributed by atoms with Gasteiger partial charge in [-0.1, -0.05) is 18.2 Å². The number of hydrogen-bond donors (Lipinski definition) is 1. The number of para-hydroxylation sites is 2. The summed E-state index contributed by atoms with van der Waals surface area (Å²) in [4.78, 5) is 33.0. The van der Waals surface area contributed by atoms with Gasteiger partial charge < -0.3 is 10.1 Å². The van der Waals surface area contributed by atoms with Gasteiger partial charge in [-0.2, -0.15) is 0 Å². The zero-order chi connectivity index (χ0) is 16.9. The van der Waals surface area contributed by atoms with Gasteiger partial charge in [-0.05, 0) is 31.2 Å². The maximum Gasteiger partial charge on any atom is 0.340 e. The van der Waals surface area contributed by atoms with Crippen LogP contribution in [0.4, 0.5) is 5.69 Å². The summed E-state index contributed by atoms with van der Waals surface area (Å²) in [7, 11) is 0. The third-order valence-electron chi connectivity index (χ3n) is 3.41. The summed E-state index contributed by atoms with van der Waals surface area (Å²) in [6, 6.07) is 11.9. The summed E-state index contributed by atoms with van der Waals surface area (Å²) in [6.07, 6.45) is 3.10. The van der Waals surface area contributed by atoms with Crippen LogP contribution in [0.5, 0.6) is 0 Å². The Balaban J connectivity index is 1.94. The van der Waals surface area contributed by atoms with E-state index in [4.69, 9.17) is 4.74 Å². The molecule has 1 amide bonds. The molecule has 24 heavy (non-hydrogen) atoms. The molecule has 3 rings (SSSR count). The fourth-order valence-electron chi connectivity index (χ4n) is 2.34. The smallest absolute Gasteiger partial charge is 0.340 e. The number of nitrogens with zero attached hydrogens (tertiary/aromatic N) is 2. The molecule has 0 aliphatic carbocycles. The SMILES string of the molecule is CCOC(=O)c1ccccc1NC(=O)c1cccc2nccnc12. The third kappa shape index (κ3) is 3.08. The van der Waals surface area contributed by atoms with Crippen LogP contribution in [0.3, 0.4) is 0 Å². The second kappa shape index (κ2) is 6.87. The average Bonchev–Trinajstić information content (AvgIpc) is 2.62. The molecule has 2 aromatic carbocycles. The fourth-order valence-corrected chi connectivity index (χ4v) is 2.34. The minimum Gasteiger partial charge on any atom is -0.462 e. The molecule has 0 radical (unpaired) electrons. The van der Waals surface area contributed by atoms with Gasteiger partial charge in [0.15, 0.2) is 0 Å². The molecule has 0 bridgehead atoms. The van der Waals surface area contributed by atoms with E-state index in [2.05, 4.69) is 15.3 Å². The number of benzene rings is 2. The van der Waals surface area contributed by atoms with Gasteiger partial charge >= 0.3 is 5.97 Å². The van der Waals surface area contributed by atoms with Crippen LogP contribution < -0.4 is 5.32 Å². The number of carbonyl (C=O) groups excluding carboxylic acids is 2. The number of esters is 1. The molecule has 0 aliphatic rings. The van der Waals surface area contributed by atoms with Crippen molar-refractivity contribution in [2.24, 2.45) is 0 Å². The maximum absolute atomic E-state index is 12.6. The highest BCUT2D eigenvalue weighted by atomic mass is 16.5. The summed E-state index contributed by atoms with van der Waals surface area (Å²) < 4.78 is 5.01. The molecule has 0 saturated heterocycles. The molecule has 1 heterocycles. The van der Waals surface area contributed by atoms with Gasteiger partial charge in [0, 0.05) is 12.4 Å². The van der Waals surface area contributed by atoms with Crippen LogP contribution in [0.25, 0.3) is 11.0 Å². The summed E-state index contributed by atoms with van der Waals surface area (Å²) in [6.45, 7) is 1.99. The van der Waals surface area contributed by atoms with Gasteiger partial charge in [-0.3, -0.25) is 14.8 Å². The molecule has 6 heteroatoms. The number of aromatic nitrogens is 2. The Kier molecular flexibility index (Phi) is 4.47. The Morgan fingerprint density at radius 3 is 2.58 bits per heavy atom. The van der Waals surface area contributed by atoms with Gasteiger partial charge in [0.2, 0.25) is 0 Å². The van der Waals surface area contributed by atoms with Crippen LogP contribution in [-0.4, -0.2) is 28.5 Å². The van der Waals surface area contributed by atoms with Crippen LogP contribution in [0, 0.1) is 0 Å². The van der Waals surface area contributed by atoms with Crippen molar-refractivity contribution in [3.05, 3.63) is 66.0 Å². The molecule has 0 atom stereocenters. The quantitative estimate of drug-likeness (QED) is 0.747. The molecule has 0 aliphatic heterocycles. The molecule has 0 spiro atoms. The van der Waals surface area contributed by atoms with Crippen molar-refractivity contribution in [2.75, 3.05) is 11.9 Å². The number of anilines is 1. The zero-order valence-electron chi connectivity index (χ0n) is 13.0. The van der Waals surface area contributed by atoms with Crippen LogP contribution in [0.2, 0.25) is 0 Å². The number of rotatable bonds is 4. The van der Waals surface area contributed by atoms with Gasteiger partial charge in [-0.15, -0.1) is 0 Å². The Hall–Kier alpha value is -3.28. The fraction of sp³-hybridized carbons (Fsp3) is 0.111. The first-order valence-corrected chi connectivity index (χ1v) is 7.48. The number of hydrogen-bond acceptors (Lipinski definition) is 5. The monoisotopic (exact) mass is 321 g/mol. The molecule has 0 saturated carbocycles. The van der Waals surface area contributed by atoms with Crippen molar-refractivity contribution in [1.29, 1.82) is 0 Å². The van der Waals surface area contributed by atoms with Crippen LogP contribution in [-0.2, 0) is 4.74 Å². The van der Waals surface area contributed by atoms with Gasteiger partial charge in [0.25, 0.3) is 5.91 Å². The molecular formula is C18H15N3O3. The average molecular weight is 321 g/mol. The maximum atomic E-state index is 12.6. The Morgan fingerprint density at radius 1 is 1.00 bits per heavy atom. The Labute approximate surface area is 138 Å². The number of amides is 1. The lowest BCUT2D eigenvalue weighted by Gasteiger charge is -2.11. The first kappa shape index (κ1) is 15.6. The van der Waals surface area contributed by atoms with Gasteiger partial charge in [0.05, 0.1) is 28.9 Å². The Bertz CT molecular complexity index is 903. The van der Waals surface area contributed by atoms with E-state index < -0.39 is 5.97 Å². The predicted octanol–water partition coefficient (Wildman–Crippen LogP) is 3.06. The predicted molar refractivity (Wildman–Crippen MR) is 89.9 cm³/mol. The van der Waals surface area contributed by atoms with E-state index in [9.17, 15) is 9.59 Å². The van der Waals surface area contributed by atoms with Crippen molar-refractivity contribution in [3.63, 3.8) is 0 Å². The Morgan fingerprint density at radius 2 is 1.75 bits per heavy atom. The summed E-state index contributed by atoms with van der Waals surface area (Å²) in [5.41, 5.74) is 2.22. The van der Waals surface area contributed by atoms with Crippen molar-refractivity contribution in [1.82, 2.24) is 9.97 Å². The molecule has 6 nitrogen and oxygen atoms in total. The first-order chi connectivity index (χ1) is 11.7. The third-order valence-corrected chi connectivity index (χ3v) is 3.41.